The van der Waals surface area contributed by atoms with Crippen molar-refractivity contribution in [2.45, 2.75) is 13.0 Å². The lowest BCUT2D eigenvalue weighted by Crippen LogP contribution is -2.32. The number of carbonyl (C=O) groups excluding carboxylic acids is 1. The van der Waals surface area contributed by atoms with Crippen LogP contribution in [0.25, 0.3) is 0 Å². The van der Waals surface area contributed by atoms with Gasteiger partial charge in [-0.05, 0) is 35.7 Å². The van der Waals surface area contributed by atoms with Crippen LogP contribution < -0.4 is 20.3 Å². The molecule has 1 aliphatic heterocycles. The highest BCUT2D eigenvalue weighted by atomic mass is 16.5. The van der Waals surface area contributed by atoms with Crippen LogP contribution in [0, 0.1) is 0 Å². The Morgan fingerprint density at radius 2 is 1.93 bits per heavy atom. The molecule has 0 saturated carbocycles. The average molecular weight is 375 g/mol. The Balaban J connectivity index is 1.49. The SMILES string of the molecule is COc1ccnc(N2CCc3c(cccc3NC(=O)Nc3ccccc3)C2)n1. The molecule has 0 fully saturated rings. The molecular weight excluding hydrogens is 354 g/mol. The highest BCUT2D eigenvalue weighted by Crippen LogP contribution is 2.28. The van der Waals surface area contributed by atoms with Crippen LogP contribution in [-0.2, 0) is 13.0 Å². The number of urea groups is 1. The van der Waals surface area contributed by atoms with E-state index in [4.69, 9.17) is 4.74 Å². The Bertz CT molecular complexity index is 978. The topological polar surface area (TPSA) is 79.4 Å². The summed E-state index contributed by atoms with van der Waals surface area (Å²) in [5, 5.41) is 5.82. The number of amides is 2. The number of fused-ring (bicyclic) bond motifs is 1. The van der Waals surface area contributed by atoms with Crippen molar-refractivity contribution in [1.29, 1.82) is 0 Å². The number of nitrogens with one attached hydrogen (secondary N) is 2. The van der Waals surface area contributed by atoms with Crippen LogP contribution in [0.3, 0.4) is 0 Å². The van der Waals surface area contributed by atoms with Gasteiger partial charge in [-0.3, -0.25) is 0 Å². The van der Waals surface area contributed by atoms with Crippen molar-refractivity contribution in [3.63, 3.8) is 0 Å². The highest BCUT2D eigenvalue weighted by molar-refractivity contribution is 6.00. The number of methoxy groups -OCH3 is 1. The van der Waals surface area contributed by atoms with Gasteiger partial charge < -0.3 is 20.3 Å². The third-order valence-corrected chi connectivity index (χ3v) is 4.66. The molecule has 2 aromatic carbocycles. The molecule has 0 atom stereocenters. The van der Waals surface area contributed by atoms with E-state index in [-0.39, 0.29) is 6.03 Å². The molecule has 0 unspecified atom stereocenters. The number of hydrogen-bond donors (Lipinski definition) is 2. The van der Waals surface area contributed by atoms with Gasteiger partial charge in [0.25, 0.3) is 0 Å². The minimum absolute atomic E-state index is 0.252. The summed E-state index contributed by atoms with van der Waals surface area (Å²) in [4.78, 5) is 23.2. The first-order valence-electron chi connectivity index (χ1n) is 9.09. The quantitative estimate of drug-likeness (QED) is 0.727. The molecule has 2 N–H and O–H groups in total. The van der Waals surface area contributed by atoms with E-state index in [2.05, 4.69) is 31.6 Å². The Morgan fingerprint density at radius 3 is 2.75 bits per heavy atom. The van der Waals surface area contributed by atoms with Gasteiger partial charge in [0.2, 0.25) is 11.8 Å². The van der Waals surface area contributed by atoms with Crippen molar-refractivity contribution in [2.75, 3.05) is 29.2 Å². The number of para-hydroxylation sites is 1. The largest absolute Gasteiger partial charge is 0.481 e. The fourth-order valence-electron chi connectivity index (χ4n) is 3.30. The summed E-state index contributed by atoms with van der Waals surface area (Å²) < 4.78 is 5.19. The fraction of sp³-hybridized carbons (Fsp3) is 0.190. The van der Waals surface area contributed by atoms with Crippen molar-refractivity contribution in [3.8, 4) is 5.88 Å². The number of ether oxygens (including phenoxy) is 1. The van der Waals surface area contributed by atoms with Crippen LogP contribution in [0.4, 0.5) is 22.1 Å². The van der Waals surface area contributed by atoms with Crippen molar-refractivity contribution < 1.29 is 9.53 Å². The van der Waals surface area contributed by atoms with Gasteiger partial charge in [-0.1, -0.05) is 30.3 Å². The second kappa shape index (κ2) is 7.96. The molecule has 28 heavy (non-hydrogen) atoms. The maximum absolute atomic E-state index is 12.4. The zero-order valence-electron chi connectivity index (χ0n) is 15.6. The van der Waals surface area contributed by atoms with Crippen molar-refractivity contribution in [2.24, 2.45) is 0 Å². The number of aromatic nitrogens is 2. The van der Waals surface area contributed by atoms with E-state index in [1.807, 2.05) is 42.5 Å². The Labute approximate surface area is 163 Å². The lowest BCUT2D eigenvalue weighted by molar-refractivity contribution is 0.262. The third kappa shape index (κ3) is 3.88. The van der Waals surface area contributed by atoms with Gasteiger partial charge in [-0.2, -0.15) is 4.98 Å². The molecule has 2 amide bonds. The summed E-state index contributed by atoms with van der Waals surface area (Å²) in [5.41, 5.74) is 3.88. The molecular formula is C21H21N5O2. The predicted octanol–water partition coefficient (Wildman–Crippen LogP) is 3.69. The first-order valence-corrected chi connectivity index (χ1v) is 9.09. The average Bonchev–Trinajstić information content (AvgIpc) is 2.74. The lowest BCUT2D eigenvalue weighted by Gasteiger charge is -2.30. The molecule has 2 heterocycles. The standard InChI is InChI=1S/C21H21N5O2/c1-28-19-10-12-22-20(25-19)26-13-11-17-15(14-26)6-5-9-18(17)24-21(27)23-16-7-3-2-4-8-16/h2-10,12H,11,13-14H2,1H3,(H2,23,24,27). The van der Waals surface area contributed by atoms with E-state index in [0.29, 0.717) is 18.4 Å². The van der Waals surface area contributed by atoms with Crippen LogP contribution in [-0.4, -0.2) is 29.7 Å². The molecule has 0 spiro atoms. The van der Waals surface area contributed by atoms with Crippen LogP contribution in [0.1, 0.15) is 11.1 Å². The van der Waals surface area contributed by atoms with E-state index in [1.165, 1.54) is 0 Å². The van der Waals surface area contributed by atoms with E-state index in [0.717, 1.165) is 35.5 Å². The van der Waals surface area contributed by atoms with Gasteiger partial charge >= 0.3 is 6.03 Å². The van der Waals surface area contributed by atoms with Crippen LogP contribution in [0.15, 0.2) is 60.8 Å². The summed E-state index contributed by atoms with van der Waals surface area (Å²) in [6.45, 7) is 1.44. The van der Waals surface area contributed by atoms with Gasteiger partial charge in [0.1, 0.15) is 0 Å². The van der Waals surface area contributed by atoms with Crippen LogP contribution >= 0.6 is 0 Å². The number of nitrogens with zero attached hydrogens (tertiary/aromatic N) is 3. The van der Waals surface area contributed by atoms with E-state index >= 15 is 0 Å². The summed E-state index contributed by atoms with van der Waals surface area (Å²) >= 11 is 0. The van der Waals surface area contributed by atoms with E-state index < -0.39 is 0 Å². The van der Waals surface area contributed by atoms with Gasteiger partial charge in [0.15, 0.2) is 0 Å². The summed E-state index contributed by atoms with van der Waals surface area (Å²) in [7, 11) is 1.59. The zero-order chi connectivity index (χ0) is 19.3. The monoisotopic (exact) mass is 375 g/mol. The second-order valence-corrected chi connectivity index (χ2v) is 6.46. The van der Waals surface area contributed by atoms with Crippen LogP contribution in [0.5, 0.6) is 5.88 Å². The molecule has 0 aliphatic carbocycles. The Morgan fingerprint density at radius 1 is 1.07 bits per heavy atom. The van der Waals surface area contributed by atoms with Crippen molar-refractivity contribution in [3.05, 3.63) is 71.9 Å². The number of rotatable bonds is 4. The molecule has 3 aromatic rings. The Kier molecular flexibility index (Phi) is 5.05. The number of anilines is 3. The van der Waals surface area contributed by atoms with Gasteiger partial charge in [0, 0.05) is 36.7 Å². The molecule has 4 rings (SSSR count). The van der Waals surface area contributed by atoms with Gasteiger partial charge in [0.05, 0.1) is 7.11 Å². The maximum Gasteiger partial charge on any atom is 0.323 e. The van der Waals surface area contributed by atoms with E-state index in [1.54, 1.807) is 19.4 Å². The van der Waals surface area contributed by atoms with E-state index in [9.17, 15) is 4.79 Å². The van der Waals surface area contributed by atoms with Gasteiger partial charge in [-0.15, -0.1) is 0 Å². The number of carbonyl (C=O) groups is 1. The smallest absolute Gasteiger partial charge is 0.323 e. The summed E-state index contributed by atoms with van der Waals surface area (Å²) in [6, 6.07) is 16.8. The zero-order valence-corrected chi connectivity index (χ0v) is 15.6. The molecule has 1 aliphatic rings. The molecule has 1 aromatic heterocycles. The normalized spacial score (nSPS) is 12.8. The first-order chi connectivity index (χ1) is 13.7. The summed E-state index contributed by atoms with van der Waals surface area (Å²) in [5.74, 6) is 1.19. The predicted molar refractivity (Wildman–Crippen MR) is 109 cm³/mol. The minimum Gasteiger partial charge on any atom is -0.481 e. The molecule has 0 saturated heterocycles. The maximum atomic E-state index is 12.4. The molecule has 142 valence electrons. The molecule has 0 radical (unpaired) electrons. The number of hydrogen-bond acceptors (Lipinski definition) is 5. The van der Waals surface area contributed by atoms with Gasteiger partial charge in [-0.25, -0.2) is 9.78 Å². The second-order valence-electron chi connectivity index (χ2n) is 6.46. The minimum atomic E-state index is -0.252. The summed E-state index contributed by atoms with van der Waals surface area (Å²) in [6.07, 6.45) is 2.49. The Hall–Kier alpha value is -3.61. The lowest BCUT2D eigenvalue weighted by atomic mass is 9.98. The van der Waals surface area contributed by atoms with Crippen molar-refractivity contribution >= 4 is 23.4 Å². The fourth-order valence-corrected chi connectivity index (χ4v) is 3.30. The highest BCUT2D eigenvalue weighted by Gasteiger charge is 2.21. The molecule has 7 nitrogen and oxygen atoms in total. The molecule has 7 heteroatoms. The third-order valence-electron chi connectivity index (χ3n) is 4.66. The van der Waals surface area contributed by atoms with Crippen LogP contribution in [0.2, 0.25) is 0 Å². The first kappa shape index (κ1) is 17.8. The number of benzene rings is 2. The molecule has 0 bridgehead atoms. The van der Waals surface area contributed by atoms with Crippen molar-refractivity contribution in [1.82, 2.24) is 9.97 Å².